The lowest BCUT2D eigenvalue weighted by Gasteiger charge is -2.30. The van der Waals surface area contributed by atoms with Crippen LogP contribution in [0.1, 0.15) is 63.9 Å². The van der Waals surface area contributed by atoms with Crippen molar-refractivity contribution in [1.82, 2.24) is 10.3 Å². The Hall–Kier alpha value is -0.610. The second-order valence-electron chi connectivity index (χ2n) is 6.50. The van der Waals surface area contributed by atoms with Gasteiger partial charge in [0, 0.05) is 30.6 Å². The van der Waals surface area contributed by atoms with Crippen molar-refractivity contribution >= 4 is 16.5 Å². The first-order valence-corrected chi connectivity index (χ1v) is 9.42. The summed E-state index contributed by atoms with van der Waals surface area (Å²) in [6, 6.07) is 0.583. The van der Waals surface area contributed by atoms with Crippen LogP contribution in [0, 0.1) is 5.92 Å². The van der Waals surface area contributed by atoms with Gasteiger partial charge in [0.2, 0.25) is 0 Å². The van der Waals surface area contributed by atoms with E-state index >= 15 is 0 Å². The zero-order valence-corrected chi connectivity index (χ0v) is 14.9. The number of nitrogens with zero attached hydrogens (tertiary/aromatic N) is 2. The molecule has 21 heavy (non-hydrogen) atoms. The van der Waals surface area contributed by atoms with Gasteiger partial charge in [-0.15, -0.1) is 11.3 Å². The fourth-order valence-electron chi connectivity index (χ4n) is 2.85. The number of hydrogen-bond donors (Lipinski definition) is 1. The van der Waals surface area contributed by atoms with E-state index in [1.165, 1.54) is 54.5 Å². The minimum Gasteiger partial charge on any atom is -0.348 e. The highest BCUT2D eigenvalue weighted by molar-refractivity contribution is 7.15. The molecule has 0 radical (unpaired) electrons. The van der Waals surface area contributed by atoms with Crippen molar-refractivity contribution in [2.75, 3.05) is 18.0 Å². The molecule has 0 spiro atoms. The van der Waals surface area contributed by atoms with Crippen molar-refractivity contribution in [1.29, 1.82) is 0 Å². The largest absolute Gasteiger partial charge is 0.348 e. The molecule has 1 N–H and O–H groups in total. The van der Waals surface area contributed by atoms with Crippen LogP contribution in [0.15, 0.2) is 0 Å². The van der Waals surface area contributed by atoms with E-state index in [2.05, 4.69) is 37.9 Å². The minimum absolute atomic E-state index is 0.583. The molecule has 0 aliphatic carbocycles. The first kappa shape index (κ1) is 16.8. The molecule has 0 aromatic carbocycles. The smallest absolute Gasteiger partial charge is 0.185 e. The summed E-state index contributed by atoms with van der Waals surface area (Å²) < 4.78 is 0. The molecule has 3 nitrogen and oxygen atoms in total. The van der Waals surface area contributed by atoms with Crippen LogP contribution in [0.2, 0.25) is 0 Å². The Labute approximate surface area is 134 Å². The molecule has 1 aromatic rings. The highest BCUT2D eigenvalue weighted by atomic mass is 32.1. The van der Waals surface area contributed by atoms with Gasteiger partial charge in [-0.05, 0) is 38.5 Å². The molecule has 2 unspecified atom stereocenters. The molecule has 1 fully saturated rings. The molecule has 120 valence electrons. The summed E-state index contributed by atoms with van der Waals surface area (Å²) in [5, 5.41) is 4.88. The standard InChI is InChI=1S/C17H31N3S/c1-5-8-15-16(11-18-14(4)6-2)21-17(19-15)20-10-7-9-13(3)12-20/h13-14,18H,5-12H2,1-4H3. The van der Waals surface area contributed by atoms with Crippen molar-refractivity contribution in [2.24, 2.45) is 5.92 Å². The number of hydrogen-bond acceptors (Lipinski definition) is 4. The molecule has 1 saturated heterocycles. The highest BCUT2D eigenvalue weighted by Gasteiger charge is 2.21. The lowest BCUT2D eigenvalue weighted by molar-refractivity contribution is 0.446. The average Bonchev–Trinajstić information content (AvgIpc) is 2.88. The third kappa shape index (κ3) is 4.68. The van der Waals surface area contributed by atoms with Crippen molar-refractivity contribution in [3.05, 3.63) is 10.6 Å². The lowest BCUT2D eigenvalue weighted by Crippen LogP contribution is -2.34. The van der Waals surface area contributed by atoms with Gasteiger partial charge >= 0.3 is 0 Å². The van der Waals surface area contributed by atoms with E-state index in [0.717, 1.165) is 18.9 Å². The molecule has 0 saturated carbocycles. The minimum atomic E-state index is 0.583. The normalized spacial score (nSPS) is 20.8. The Kier molecular flexibility index (Phi) is 6.49. The molecule has 1 aromatic heterocycles. The molecular weight excluding hydrogens is 278 g/mol. The molecule has 1 aliphatic rings. The van der Waals surface area contributed by atoms with Crippen molar-refractivity contribution < 1.29 is 0 Å². The summed E-state index contributed by atoms with van der Waals surface area (Å²) >= 11 is 1.91. The zero-order valence-electron chi connectivity index (χ0n) is 14.1. The molecule has 2 rings (SSSR count). The number of anilines is 1. The van der Waals surface area contributed by atoms with E-state index in [1.54, 1.807) is 0 Å². The number of piperidine rings is 1. The van der Waals surface area contributed by atoms with E-state index in [9.17, 15) is 0 Å². The first-order chi connectivity index (χ1) is 10.1. The Morgan fingerprint density at radius 3 is 2.90 bits per heavy atom. The monoisotopic (exact) mass is 309 g/mol. The number of aromatic nitrogens is 1. The fourth-order valence-corrected chi connectivity index (χ4v) is 3.94. The van der Waals surface area contributed by atoms with Crippen molar-refractivity contribution in [3.63, 3.8) is 0 Å². The molecule has 1 aliphatic heterocycles. The molecule has 0 bridgehead atoms. The van der Waals surface area contributed by atoms with Crippen LogP contribution in [0.5, 0.6) is 0 Å². The third-order valence-electron chi connectivity index (χ3n) is 4.40. The molecule has 2 atom stereocenters. The van der Waals surface area contributed by atoms with Gasteiger partial charge in [-0.25, -0.2) is 4.98 Å². The van der Waals surface area contributed by atoms with E-state index in [-0.39, 0.29) is 0 Å². The first-order valence-electron chi connectivity index (χ1n) is 8.60. The quantitative estimate of drug-likeness (QED) is 0.817. The SMILES string of the molecule is CCCc1nc(N2CCCC(C)C2)sc1CNC(C)CC. The highest BCUT2D eigenvalue weighted by Crippen LogP contribution is 2.30. The van der Waals surface area contributed by atoms with Crippen LogP contribution in [0.25, 0.3) is 0 Å². The van der Waals surface area contributed by atoms with Crippen LogP contribution < -0.4 is 10.2 Å². The van der Waals surface area contributed by atoms with Gasteiger partial charge in [0.25, 0.3) is 0 Å². The van der Waals surface area contributed by atoms with Gasteiger partial charge in [0.05, 0.1) is 5.69 Å². The van der Waals surface area contributed by atoms with Gasteiger partial charge in [0.1, 0.15) is 0 Å². The van der Waals surface area contributed by atoms with E-state index in [1.807, 2.05) is 11.3 Å². The second-order valence-corrected chi connectivity index (χ2v) is 7.56. The molecule has 4 heteroatoms. The average molecular weight is 310 g/mol. The summed E-state index contributed by atoms with van der Waals surface area (Å²) in [5.41, 5.74) is 1.33. The van der Waals surface area contributed by atoms with Crippen LogP contribution >= 0.6 is 11.3 Å². The van der Waals surface area contributed by atoms with E-state index < -0.39 is 0 Å². The fraction of sp³-hybridized carbons (Fsp3) is 0.824. The topological polar surface area (TPSA) is 28.2 Å². The van der Waals surface area contributed by atoms with Crippen molar-refractivity contribution in [3.8, 4) is 0 Å². The maximum Gasteiger partial charge on any atom is 0.185 e. The Bertz CT molecular complexity index is 430. The summed E-state index contributed by atoms with van der Waals surface area (Å²) in [6.07, 6.45) is 6.14. The predicted octanol–water partition coefficient (Wildman–Crippen LogP) is 4.22. The second kappa shape index (κ2) is 8.14. The van der Waals surface area contributed by atoms with E-state index in [0.29, 0.717) is 6.04 Å². The number of thiazole rings is 1. The van der Waals surface area contributed by atoms with Gasteiger partial charge in [-0.1, -0.05) is 27.2 Å². The van der Waals surface area contributed by atoms with Crippen LogP contribution in [0.4, 0.5) is 5.13 Å². The van der Waals surface area contributed by atoms with Crippen molar-refractivity contribution in [2.45, 2.75) is 72.4 Å². The Morgan fingerprint density at radius 1 is 1.43 bits per heavy atom. The molecular formula is C17H31N3S. The zero-order chi connectivity index (χ0) is 15.2. The molecule has 2 heterocycles. The van der Waals surface area contributed by atoms with Gasteiger partial charge in [0.15, 0.2) is 5.13 Å². The van der Waals surface area contributed by atoms with Crippen LogP contribution in [-0.2, 0) is 13.0 Å². The van der Waals surface area contributed by atoms with Gasteiger partial charge in [-0.3, -0.25) is 0 Å². The predicted molar refractivity (Wildman–Crippen MR) is 93.3 cm³/mol. The number of rotatable bonds is 7. The summed E-state index contributed by atoms with van der Waals surface area (Å²) in [5.74, 6) is 0.805. The van der Waals surface area contributed by atoms with E-state index in [4.69, 9.17) is 4.98 Å². The maximum absolute atomic E-state index is 4.97. The summed E-state index contributed by atoms with van der Waals surface area (Å²) in [7, 11) is 0. The Balaban J connectivity index is 2.08. The van der Waals surface area contributed by atoms with Crippen LogP contribution in [0.3, 0.4) is 0 Å². The lowest BCUT2D eigenvalue weighted by atomic mass is 10.0. The summed E-state index contributed by atoms with van der Waals surface area (Å²) in [6.45, 7) is 12.4. The number of nitrogens with one attached hydrogen (secondary N) is 1. The van der Waals surface area contributed by atoms with Crippen LogP contribution in [-0.4, -0.2) is 24.1 Å². The number of aryl methyl sites for hydroxylation is 1. The van der Waals surface area contributed by atoms with Gasteiger partial charge < -0.3 is 10.2 Å². The molecule has 0 amide bonds. The maximum atomic E-state index is 4.97. The van der Waals surface area contributed by atoms with Gasteiger partial charge in [-0.2, -0.15) is 0 Å². The summed E-state index contributed by atoms with van der Waals surface area (Å²) in [4.78, 5) is 8.92. The Morgan fingerprint density at radius 2 is 2.24 bits per heavy atom. The third-order valence-corrected chi connectivity index (χ3v) is 5.56.